The van der Waals surface area contributed by atoms with E-state index in [1.165, 1.54) is 0 Å². The minimum absolute atomic E-state index is 0.140. The van der Waals surface area contributed by atoms with E-state index in [1.54, 1.807) is 0 Å². The van der Waals surface area contributed by atoms with Crippen molar-refractivity contribution in [3.63, 3.8) is 0 Å². The number of halogens is 1. The summed E-state index contributed by atoms with van der Waals surface area (Å²) < 4.78 is 0. The van der Waals surface area contributed by atoms with Crippen molar-refractivity contribution in [2.24, 2.45) is 11.5 Å². The number of nitrogens with two attached hydrogens (primary N) is 2. The molecule has 0 amide bonds. The van der Waals surface area contributed by atoms with Crippen LogP contribution in [0.2, 0.25) is 5.02 Å². The number of aryl methyl sites for hydroxylation is 1. The molecule has 0 saturated heterocycles. The zero-order valence-electron chi connectivity index (χ0n) is 12.6. The number of hydrogen-bond donors (Lipinski definition) is 3. The van der Waals surface area contributed by atoms with Crippen LogP contribution in [0.15, 0.2) is 54.6 Å². The molecule has 0 aliphatic rings. The minimum atomic E-state index is -1.09. The minimum Gasteiger partial charge on any atom is -0.387 e. The Bertz CT molecular complexity index is 591. The van der Waals surface area contributed by atoms with Crippen LogP contribution >= 0.6 is 11.6 Å². The lowest BCUT2D eigenvalue weighted by Crippen LogP contribution is -2.54. The maximum Gasteiger partial charge on any atom is 0.0925 e. The molecule has 0 aromatic heterocycles. The maximum atomic E-state index is 10.8. The zero-order chi connectivity index (χ0) is 16.0. The van der Waals surface area contributed by atoms with Gasteiger partial charge in [-0.25, -0.2) is 0 Å². The first-order chi connectivity index (χ1) is 10.5. The Balaban J connectivity index is 2.01. The zero-order valence-corrected chi connectivity index (χ0v) is 13.3. The molecule has 0 aliphatic carbocycles. The first-order valence-electron chi connectivity index (χ1n) is 7.50. The molecule has 3 nitrogen and oxygen atoms in total. The van der Waals surface area contributed by atoms with E-state index in [-0.39, 0.29) is 6.54 Å². The normalized spacial score (nSPS) is 15.3. The number of hydrogen-bond acceptors (Lipinski definition) is 3. The monoisotopic (exact) mass is 318 g/mol. The molecule has 0 radical (unpaired) electrons. The topological polar surface area (TPSA) is 72.3 Å². The second-order valence-corrected chi connectivity index (χ2v) is 6.17. The molecule has 0 aliphatic heterocycles. The average molecular weight is 319 g/mol. The Morgan fingerprint density at radius 2 is 1.73 bits per heavy atom. The van der Waals surface area contributed by atoms with Crippen molar-refractivity contribution in [3.05, 3.63) is 70.7 Å². The second-order valence-electron chi connectivity index (χ2n) is 5.73. The summed E-state index contributed by atoms with van der Waals surface area (Å²) in [5.41, 5.74) is 13.1. The third kappa shape index (κ3) is 4.55. The summed E-state index contributed by atoms with van der Waals surface area (Å²) in [6, 6.07) is 17.1. The van der Waals surface area contributed by atoms with E-state index in [1.807, 2.05) is 54.6 Å². The summed E-state index contributed by atoms with van der Waals surface area (Å²) in [7, 11) is 0. The molecular formula is C18H23ClN2O. The van der Waals surface area contributed by atoms with Gasteiger partial charge >= 0.3 is 0 Å². The fourth-order valence-electron chi connectivity index (χ4n) is 2.55. The van der Waals surface area contributed by atoms with Gasteiger partial charge in [0.15, 0.2) is 0 Å². The van der Waals surface area contributed by atoms with E-state index < -0.39 is 11.6 Å². The second kappa shape index (κ2) is 7.75. The van der Waals surface area contributed by atoms with Crippen molar-refractivity contribution in [3.8, 4) is 0 Å². The fraction of sp³-hybridized carbons (Fsp3) is 0.333. The lowest BCUT2D eigenvalue weighted by Gasteiger charge is -2.33. The molecule has 0 fully saturated rings. The van der Waals surface area contributed by atoms with Crippen LogP contribution in [0, 0.1) is 0 Å². The summed E-state index contributed by atoms with van der Waals surface area (Å²) in [6.45, 7) is 0.140. The van der Waals surface area contributed by atoms with Crippen LogP contribution in [-0.2, 0) is 12.8 Å². The van der Waals surface area contributed by atoms with Gasteiger partial charge in [-0.2, -0.15) is 0 Å². The van der Waals surface area contributed by atoms with E-state index >= 15 is 0 Å². The van der Waals surface area contributed by atoms with Crippen LogP contribution in [0.3, 0.4) is 0 Å². The molecule has 2 aromatic rings. The molecule has 2 aromatic carbocycles. The highest BCUT2D eigenvalue weighted by Gasteiger charge is 2.32. The van der Waals surface area contributed by atoms with Gasteiger partial charge in [-0.3, -0.25) is 0 Å². The smallest absolute Gasteiger partial charge is 0.0925 e. The Kier molecular flexibility index (Phi) is 5.98. The van der Waals surface area contributed by atoms with Crippen molar-refractivity contribution in [2.45, 2.75) is 30.9 Å². The predicted molar refractivity (Wildman–Crippen MR) is 91.9 cm³/mol. The van der Waals surface area contributed by atoms with Crippen LogP contribution in [-0.4, -0.2) is 23.3 Å². The van der Waals surface area contributed by atoms with Gasteiger partial charge in [0.05, 0.1) is 5.60 Å². The Morgan fingerprint density at radius 1 is 1.05 bits per heavy atom. The number of benzene rings is 2. The lowest BCUT2D eigenvalue weighted by molar-refractivity contribution is 0.0146. The third-order valence-electron chi connectivity index (χ3n) is 4.08. The van der Waals surface area contributed by atoms with Gasteiger partial charge in [-0.1, -0.05) is 54.1 Å². The van der Waals surface area contributed by atoms with Gasteiger partial charge in [-0.15, -0.1) is 0 Å². The standard InChI is InChI=1S/C18H23ClN2O/c19-16-8-4-7-15(11-16)9-10-18(22,13-20)17(21)12-14-5-2-1-3-6-14/h1-8,11,17,22H,9-10,12-13,20-21H2/t17-,18+/m0/s1. The van der Waals surface area contributed by atoms with Gasteiger partial charge in [-0.05, 0) is 42.5 Å². The van der Waals surface area contributed by atoms with Gasteiger partial charge in [0.1, 0.15) is 0 Å². The quantitative estimate of drug-likeness (QED) is 0.734. The number of rotatable bonds is 7. The summed E-state index contributed by atoms with van der Waals surface area (Å²) >= 11 is 5.99. The largest absolute Gasteiger partial charge is 0.387 e. The molecule has 4 heteroatoms. The maximum absolute atomic E-state index is 10.8. The average Bonchev–Trinajstić information content (AvgIpc) is 2.53. The highest BCUT2D eigenvalue weighted by atomic mass is 35.5. The molecule has 0 bridgehead atoms. The predicted octanol–water partition coefficient (Wildman–Crippen LogP) is 2.53. The molecular weight excluding hydrogens is 296 g/mol. The Hall–Kier alpha value is -1.39. The van der Waals surface area contributed by atoms with Gasteiger partial charge in [0.2, 0.25) is 0 Å². The van der Waals surface area contributed by atoms with E-state index in [0.717, 1.165) is 11.1 Å². The molecule has 0 spiro atoms. The molecule has 2 atom stereocenters. The van der Waals surface area contributed by atoms with Crippen molar-refractivity contribution in [1.82, 2.24) is 0 Å². The first-order valence-corrected chi connectivity index (χ1v) is 7.88. The summed E-state index contributed by atoms with van der Waals surface area (Å²) in [4.78, 5) is 0. The molecule has 0 unspecified atom stereocenters. The van der Waals surface area contributed by atoms with Gasteiger partial charge in [0, 0.05) is 17.6 Å². The van der Waals surface area contributed by atoms with Gasteiger partial charge in [0.25, 0.3) is 0 Å². The SMILES string of the molecule is NC[C@](O)(CCc1cccc(Cl)c1)[C@@H](N)Cc1ccccc1. The van der Waals surface area contributed by atoms with E-state index in [9.17, 15) is 5.11 Å². The molecule has 118 valence electrons. The number of aliphatic hydroxyl groups is 1. The van der Waals surface area contributed by atoms with E-state index in [2.05, 4.69) is 0 Å². The van der Waals surface area contributed by atoms with Crippen molar-refractivity contribution in [2.75, 3.05) is 6.54 Å². The van der Waals surface area contributed by atoms with Crippen molar-refractivity contribution < 1.29 is 5.11 Å². The van der Waals surface area contributed by atoms with Crippen LogP contribution < -0.4 is 11.5 Å². The van der Waals surface area contributed by atoms with Crippen LogP contribution in [0.1, 0.15) is 17.5 Å². The van der Waals surface area contributed by atoms with Gasteiger partial charge < -0.3 is 16.6 Å². The summed E-state index contributed by atoms with van der Waals surface area (Å²) in [5.74, 6) is 0. The molecule has 0 heterocycles. The Morgan fingerprint density at radius 3 is 2.36 bits per heavy atom. The fourth-order valence-corrected chi connectivity index (χ4v) is 2.76. The third-order valence-corrected chi connectivity index (χ3v) is 4.31. The molecule has 5 N–H and O–H groups in total. The molecule has 0 saturated carbocycles. The Labute approximate surface area is 136 Å². The van der Waals surface area contributed by atoms with Crippen LogP contribution in [0.25, 0.3) is 0 Å². The van der Waals surface area contributed by atoms with Crippen molar-refractivity contribution in [1.29, 1.82) is 0 Å². The lowest BCUT2D eigenvalue weighted by atomic mass is 9.85. The first kappa shape index (κ1) is 17.0. The van der Waals surface area contributed by atoms with Crippen molar-refractivity contribution >= 4 is 11.6 Å². The van der Waals surface area contributed by atoms with Crippen LogP contribution in [0.5, 0.6) is 0 Å². The molecule has 22 heavy (non-hydrogen) atoms. The van der Waals surface area contributed by atoms with E-state index in [4.69, 9.17) is 23.1 Å². The highest BCUT2D eigenvalue weighted by Crippen LogP contribution is 2.21. The highest BCUT2D eigenvalue weighted by molar-refractivity contribution is 6.30. The summed E-state index contributed by atoms with van der Waals surface area (Å²) in [6.07, 6.45) is 1.80. The van der Waals surface area contributed by atoms with E-state index in [0.29, 0.717) is 24.3 Å². The summed E-state index contributed by atoms with van der Waals surface area (Å²) in [5, 5.41) is 11.5. The molecule has 2 rings (SSSR count). The van der Waals surface area contributed by atoms with Crippen LogP contribution in [0.4, 0.5) is 0 Å².